The van der Waals surface area contributed by atoms with E-state index in [0.717, 1.165) is 22.2 Å². The maximum absolute atomic E-state index is 12.8. The van der Waals surface area contributed by atoms with Crippen molar-refractivity contribution in [1.29, 1.82) is 0 Å². The Morgan fingerprint density at radius 2 is 1.88 bits per heavy atom. The molecule has 128 valence electrons. The number of alkyl halides is 3. The average molecular weight is 347 g/mol. The molecule has 0 saturated carbocycles. The Morgan fingerprint density at radius 1 is 1.12 bits per heavy atom. The molecule has 5 nitrogen and oxygen atoms in total. The second kappa shape index (κ2) is 6.39. The number of nitrogens with one attached hydrogen (secondary N) is 1. The molecule has 8 heteroatoms. The van der Waals surface area contributed by atoms with Crippen molar-refractivity contribution in [2.45, 2.75) is 12.7 Å². The highest BCUT2D eigenvalue weighted by atomic mass is 19.4. The molecule has 0 aliphatic carbocycles. The molecule has 0 saturated heterocycles. The van der Waals surface area contributed by atoms with Crippen LogP contribution in [0.15, 0.2) is 59.7 Å². The highest BCUT2D eigenvalue weighted by molar-refractivity contribution is 6.00. The number of halogens is 3. The lowest BCUT2D eigenvalue weighted by atomic mass is 10.2. The van der Waals surface area contributed by atoms with Crippen LogP contribution in [0.2, 0.25) is 0 Å². The van der Waals surface area contributed by atoms with Crippen molar-refractivity contribution in [3.8, 4) is 0 Å². The first-order chi connectivity index (χ1) is 11.9. The lowest BCUT2D eigenvalue weighted by molar-refractivity contribution is -0.139. The summed E-state index contributed by atoms with van der Waals surface area (Å²) in [5, 5.41) is 3.38. The molecule has 0 radical (unpaired) electrons. The number of pyridine rings is 2. The van der Waals surface area contributed by atoms with Gasteiger partial charge in [-0.05, 0) is 24.3 Å². The molecule has 0 bridgehead atoms. The molecule has 1 aromatic carbocycles. The van der Waals surface area contributed by atoms with Crippen LogP contribution in [0.4, 0.5) is 18.9 Å². The van der Waals surface area contributed by atoms with Crippen molar-refractivity contribution in [3.63, 3.8) is 0 Å². The Labute approximate surface area is 139 Å². The smallest absolute Gasteiger partial charge is 0.323 e. The minimum absolute atomic E-state index is 0.420. The van der Waals surface area contributed by atoms with Gasteiger partial charge in [0.1, 0.15) is 12.1 Å². The summed E-state index contributed by atoms with van der Waals surface area (Å²) < 4.78 is 39.0. The molecule has 1 N–H and O–H groups in total. The number of carbonyl (C=O) groups excluding carboxylic acids is 1. The number of para-hydroxylation sites is 1. The van der Waals surface area contributed by atoms with Crippen LogP contribution >= 0.6 is 0 Å². The summed E-state index contributed by atoms with van der Waals surface area (Å²) in [5.41, 5.74) is -1.60. The first kappa shape index (κ1) is 16.7. The fourth-order valence-corrected chi connectivity index (χ4v) is 2.43. The Balaban J connectivity index is 1.85. The fourth-order valence-electron chi connectivity index (χ4n) is 2.43. The minimum Gasteiger partial charge on any atom is -0.323 e. The summed E-state index contributed by atoms with van der Waals surface area (Å²) in [6, 6.07) is 10.5. The Bertz CT molecular complexity index is 991. The highest BCUT2D eigenvalue weighted by Gasteiger charge is 2.34. The number of fused-ring (bicyclic) bond motifs is 1. The van der Waals surface area contributed by atoms with Gasteiger partial charge < -0.3 is 9.88 Å². The predicted octanol–water partition coefficient (Wildman–Crippen LogP) is 3.05. The topological polar surface area (TPSA) is 64.0 Å². The molecule has 2 aromatic heterocycles. The van der Waals surface area contributed by atoms with Crippen LogP contribution < -0.4 is 10.9 Å². The lowest BCUT2D eigenvalue weighted by Crippen LogP contribution is -2.32. The number of amides is 1. The zero-order valence-electron chi connectivity index (χ0n) is 12.7. The van der Waals surface area contributed by atoms with E-state index in [9.17, 15) is 22.8 Å². The van der Waals surface area contributed by atoms with Gasteiger partial charge in [-0.25, -0.2) is 0 Å². The van der Waals surface area contributed by atoms with E-state index in [1.165, 1.54) is 0 Å². The van der Waals surface area contributed by atoms with Gasteiger partial charge in [0.15, 0.2) is 0 Å². The third-order valence-electron chi connectivity index (χ3n) is 3.55. The number of aromatic nitrogens is 2. The van der Waals surface area contributed by atoms with Crippen molar-refractivity contribution in [2.75, 3.05) is 5.32 Å². The highest BCUT2D eigenvalue weighted by Crippen LogP contribution is 2.26. The lowest BCUT2D eigenvalue weighted by Gasteiger charge is -2.11. The Kier molecular flexibility index (Phi) is 4.26. The number of benzene rings is 1. The van der Waals surface area contributed by atoms with Crippen LogP contribution in [0, 0.1) is 0 Å². The van der Waals surface area contributed by atoms with Crippen molar-refractivity contribution in [2.24, 2.45) is 0 Å². The quantitative estimate of drug-likeness (QED) is 0.792. The second-order valence-corrected chi connectivity index (χ2v) is 5.28. The van der Waals surface area contributed by atoms with Gasteiger partial charge in [-0.15, -0.1) is 0 Å². The number of hydrogen-bond donors (Lipinski definition) is 1. The largest absolute Gasteiger partial charge is 0.421 e. The molecule has 3 rings (SSSR count). The number of rotatable bonds is 3. The molecule has 0 atom stereocenters. The zero-order valence-corrected chi connectivity index (χ0v) is 12.7. The van der Waals surface area contributed by atoms with Gasteiger partial charge in [0.2, 0.25) is 5.91 Å². The van der Waals surface area contributed by atoms with E-state index < -0.39 is 29.8 Å². The van der Waals surface area contributed by atoms with E-state index in [0.29, 0.717) is 17.3 Å². The van der Waals surface area contributed by atoms with E-state index in [4.69, 9.17) is 0 Å². The molecule has 0 spiro atoms. The summed E-state index contributed by atoms with van der Waals surface area (Å²) in [7, 11) is 0. The summed E-state index contributed by atoms with van der Waals surface area (Å²) in [6.45, 7) is -0.536. The average Bonchev–Trinajstić information content (AvgIpc) is 2.56. The number of carbonyl (C=O) groups is 1. The van der Waals surface area contributed by atoms with Crippen molar-refractivity contribution in [1.82, 2.24) is 9.55 Å². The molecular formula is C17H12F3N3O2. The Hall–Kier alpha value is -3.16. The first-order valence-electron chi connectivity index (χ1n) is 7.26. The van der Waals surface area contributed by atoms with Gasteiger partial charge >= 0.3 is 6.18 Å². The maximum atomic E-state index is 12.8. The summed E-state index contributed by atoms with van der Waals surface area (Å²) in [5.74, 6) is -0.625. The third-order valence-corrected chi connectivity index (χ3v) is 3.55. The molecule has 0 aliphatic heterocycles. The van der Waals surface area contributed by atoms with Gasteiger partial charge in [-0.3, -0.25) is 14.6 Å². The van der Waals surface area contributed by atoms with E-state index in [1.54, 1.807) is 24.4 Å². The molecule has 2 heterocycles. The fraction of sp³-hybridized carbons (Fsp3) is 0.118. The number of anilines is 1. The van der Waals surface area contributed by atoms with Gasteiger partial charge in [-0.1, -0.05) is 18.2 Å². The van der Waals surface area contributed by atoms with Crippen LogP contribution in [-0.4, -0.2) is 15.5 Å². The summed E-state index contributed by atoms with van der Waals surface area (Å²) >= 11 is 0. The van der Waals surface area contributed by atoms with Crippen LogP contribution in [0.3, 0.4) is 0 Å². The van der Waals surface area contributed by atoms with Crippen molar-refractivity contribution in [3.05, 3.63) is 70.8 Å². The van der Waals surface area contributed by atoms with Gasteiger partial charge in [0.25, 0.3) is 5.56 Å². The van der Waals surface area contributed by atoms with Gasteiger partial charge in [0.05, 0.1) is 11.2 Å². The van der Waals surface area contributed by atoms with Crippen LogP contribution in [0.25, 0.3) is 10.9 Å². The monoisotopic (exact) mass is 347 g/mol. The van der Waals surface area contributed by atoms with Crippen LogP contribution in [0.1, 0.15) is 5.56 Å². The zero-order chi connectivity index (χ0) is 18.0. The molecule has 1 amide bonds. The standard InChI is InChI=1S/C17H12F3N3O2/c18-17(19,20)12-6-3-9-23(16(12)25)10-14(24)22-13-7-1-4-11-5-2-8-21-15(11)13/h1-9H,10H2,(H,22,24). The van der Waals surface area contributed by atoms with Gasteiger partial charge in [0, 0.05) is 17.8 Å². The number of nitrogens with zero attached hydrogens (tertiary/aromatic N) is 2. The van der Waals surface area contributed by atoms with E-state index >= 15 is 0 Å². The van der Waals surface area contributed by atoms with Crippen molar-refractivity contribution >= 4 is 22.5 Å². The van der Waals surface area contributed by atoms with Gasteiger partial charge in [-0.2, -0.15) is 13.2 Å². The molecule has 25 heavy (non-hydrogen) atoms. The van der Waals surface area contributed by atoms with Crippen LogP contribution in [0.5, 0.6) is 0 Å². The predicted molar refractivity (Wildman–Crippen MR) is 86.1 cm³/mol. The van der Waals surface area contributed by atoms with E-state index in [2.05, 4.69) is 10.3 Å². The molecule has 3 aromatic rings. The molecule has 0 unspecified atom stereocenters. The maximum Gasteiger partial charge on any atom is 0.421 e. The number of hydrogen-bond acceptors (Lipinski definition) is 3. The summed E-state index contributed by atoms with van der Waals surface area (Å²) in [4.78, 5) is 28.2. The van der Waals surface area contributed by atoms with Crippen LogP contribution in [-0.2, 0) is 17.5 Å². The third kappa shape index (κ3) is 3.52. The normalized spacial score (nSPS) is 11.5. The van der Waals surface area contributed by atoms with E-state index in [-0.39, 0.29) is 0 Å². The minimum atomic E-state index is -4.77. The SMILES string of the molecule is O=C(Cn1cccc(C(F)(F)F)c1=O)Nc1cccc2cccnc12. The summed E-state index contributed by atoms with van der Waals surface area (Å²) in [6.07, 6.45) is -2.07. The van der Waals surface area contributed by atoms with Crippen molar-refractivity contribution < 1.29 is 18.0 Å². The van der Waals surface area contributed by atoms with E-state index in [1.807, 2.05) is 12.1 Å². The molecule has 0 aliphatic rings. The molecular weight excluding hydrogens is 335 g/mol. The molecule has 0 fully saturated rings. The second-order valence-electron chi connectivity index (χ2n) is 5.28. The Morgan fingerprint density at radius 3 is 2.64 bits per heavy atom. The first-order valence-corrected chi connectivity index (χ1v) is 7.26.